The molecule has 0 aliphatic heterocycles. The highest BCUT2D eigenvalue weighted by molar-refractivity contribution is 5.79. The number of nitrogens with one attached hydrogen (secondary N) is 1. The molecule has 0 amide bonds. The SMILES string of the molecule is COC(=O)[C@]1(C)CCC[C@]2(C)c3cc(Nc4ccc(OC)cc4)c(C(C)C)c(N)c3CC[C@@H]12. The summed E-state index contributed by atoms with van der Waals surface area (Å²) in [6.45, 7) is 8.83. The van der Waals surface area contributed by atoms with Gasteiger partial charge in [-0.1, -0.05) is 27.2 Å². The molecule has 0 aromatic heterocycles. The number of nitrogens with two attached hydrogens (primary N) is 1. The number of esters is 1. The average molecular weight is 451 g/mol. The van der Waals surface area contributed by atoms with Gasteiger partial charge in [-0.2, -0.15) is 0 Å². The number of anilines is 3. The molecule has 0 heterocycles. The van der Waals surface area contributed by atoms with E-state index in [-0.39, 0.29) is 23.2 Å². The molecular weight excluding hydrogens is 412 g/mol. The van der Waals surface area contributed by atoms with Gasteiger partial charge in [0.15, 0.2) is 0 Å². The van der Waals surface area contributed by atoms with Gasteiger partial charge in [0.05, 0.1) is 19.6 Å². The zero-order valence-corrected chi connectivity index (χ0v) is 20.9. The summed E-state index contributed by atoms with van der Waals surface area (Å²) in [7, 11) is 3.19. The molecule has 2 aromatic carbocycles. The molecule has 2 aromatic rings. The maximum Gasteiger partial charge on any atom is 0.311 e. The molecule has 0 spiro atoms. The van der Waals surface area contributed by atoms with E-state index >= 15 is 0 Å². The predicted molar refractivity (Wildman–Crippen MR) is 134 cm³/mol. The minimum absolute atomic E-state index is 0.0785. The average Bonchev–Trinajstić information content (AvgIpc) is 2.79. The summed E-state index contributed by atoms with van der Waals surface area (Å²) in [4.78, 5) is 12.9. The molecule has 1 saturated carbocycles. The van der Waals surface area contributed by atoms with Crippen molar-refractivity contribution >= 4 is 23.0 Å². The molecule has 178 valence electrons. The fourth-order valence-electron chi connectivity index (χ4n) is 6.70. The van der Waals surface area contributed by atoms with Crippen LogP contribution in [0.1, 0.15) is 76.0 Å². The fraction of sp³-hybridized carbons (Fsp3) is 0.536. The molecule has 0 radical (unpaired) electrons. The molecule has 3 atom stereocenters. The minimum Gasteiger partial charge on any atom is -0.497 e. The largest absolute Gasteiger partial charge is 0.497 e. The standard InChI is InChI=1S/C28H38N2O3/c1-17(2)24-22(30-18-8-10-19(32-5)11-9-18)16-21-20(25(24)29)12-13-23-27(21,3)14-7-15-28(23,4)26(31)33-6/h8-11,16-17,23,30H,7,12-15,29H2,1-6H3/t23-,27-,28-/m1/s1. The van der Waals surface area contributed by atoms with E-state index in [1.165, 1.54) is 18.2 Å². The molecule has 33 heavy (non-hydrogen) atoms. The van der Waals surface area contributed by atoms with Gasteiger partial charge in [-0.25, -0.2) is 0 Å². The molecule has 3 N–H and O–H groups in total. The van der Waals surface area contributed by atoms with Crippen molar-refractivity contribution in [2.45, 2.75) is 71.1 Å². The van der Waals surface area contributed by atoms with Crippen molar-refractivity contribution in [2.24, 2.45) is 11.3 Å². The maximum atomic E-state index is 12.9. The van der Waals surface area contributed by atoms with Gasteiger partial charge in [-0.15, -0.1) is 0 Å². The van der Waals surface area contributed by atoms with Crippen LogP contribution in [0.2, 0.25) is 0 Å². The van der Waals surface area contributed by atoms with Crippen LogP contribution in [0.5, 0.6) is 5.75 Å². The highest BCUT2D eigenvalue weighted by Crippen LogP contribution is 2.59. The van der Waals surface area contributed by atoms with Gasteiger partial charge >= 0.3 is 5.97 Å². The first-order valence-corrected chi connectivity index (χ1v) is 12.1. The van der Waals surface area contributed by atoms with Crippen molar-refractivity contribution in [3.8, 4) is 5.75 Å². The number of carbonyl (C=O) groups excluding carboxylic acids is 1. The lowest BCUT2D eigenvalue weighted by molar-refractivity contribution is -0.161. The van der Waals surface area contributed by atoms with Crippen LogP contribution in [0.25, 0.3) is 0 Å². The number of methoxy groups -OCH3 is 2. The van der Waals surface area contributed by atoms with Gasteiger partial charge in [0, 0.05) is 22.6 Å². The smallest absolute Gasteiger partial charge is 0.311 e. The molecule has 2 aliphatic carbocycles. The van der Waals surface area contributed by atoms with Crippen molar-refractivity contribution in [1.29, 1.82) is 0 Å². The highest BCUT2D eigenvalue weighted by atomic mass is 16.5. The van der Waals surface area contributed by atoms with Crippen molar-refractivity contribution in [3.63, 3.8) is 0 Å². The van der Waals surface area contributed by atoms with E-state index in [1.54, 1.807) is 7.11 Å². The molecule has 0 bridgehead atoms. The predicted octanol–water partition coefficient (Wildman–Crippen LogP) is 6.33. The second-order valence-electron chi connectivity index (χ2n) is 10.6. The minimum atomic E-state index is -0.464. The number of hydrogen-bond acceptors (Lipinski definition) is 5. The van der Waals surface area contributed by atoms with E-state index < -0.39 is 5.41 Å². The van der Waals surface area contributed by atoms with Crippen LogP contribution in [-0.4, -0.2) is 20.2 Å². The summed E-state index contributed by atoms with van der Waals surface area (Å²) < 4.78 is 10.6. The zero-order valence-electron chi connectivity index (χ0n) is 20.9. The number of rotatable bonds is 5. The van der Waals surface area contributed by atoms with Crippen LogP contribution < -0.4 is 15.8 Å². The van der Waals surface area contributed by atoms with Gasteiger partial charge in [0.2, 0.25) is 0 Å². The van der Waals surface area contributed by atoms with Gasteiger partial charge in [-0.3, -0.25) is 4.79 Å². The molecule has 5 nitrogen and oxygen atoms in total. The Labute approximate surface area is 198 Å². The zero-order chi connectivity index (χ0) is 24.0. The summed E-state index contributed by atoms with van der Waals surface area (Å²) in [5, 5.41) is 3.64. The Hall–Kier alpha value is -2.69. The summed E-state index contributed by atoms with van der Waals surface area (Å²) in [6, 6.07) is 10.3. The lowest BCUT2D eigenvalue weighted by atomic mass is 9.49. The number of nitrogen functional groups attached to an aromatic ring is 1. The van der Waals surface area contributed by atoms with Crippen LogP contribution in [0, 0.1) is 11.3 Å². The van der Waals surface area contributed by atoms with Crippen molar-refractivity contribution in [1.82, 2.24) is 0 Å². The first kappa shape index (κ1) is 23.5. The summed E-state index contributed by atoms with van der Waals surface area (Å²) in [6.07, 6.45) is 4.80. The molecule has 4 rings (SSSR count). The maximum absolute atomic E-state index is 12.9. The molecule has 0 unspecified atom stereocenters. The van der Waals surface area contributed by atoms with Crippen LogP contribution in [0.3, 0.4) is 0 Å². The second kappa shape index (κ2) is 8.58. The number of carbonyl (C=O) groups is 1. The van der Waals surface area contributed by atoms with Crippen molar-refractivity contribution in [2.75, 3.05) is 25.3 Å². The molecule has 2 aliphatic rings. The summed E-state index contributed by atoms with van der Waals surface area (Å²) in [5.74, 6) is 1.27. The Morgan fingerprint density at radius 3 is 2.45 bits per heavy atom. The highest BCUT2D eigenvalue weighted by Gasteiger charge is 2.56. The van der Waals surface area contributed by atoms with E-state index in [9.17, 15) is 4.79 Å². The topological polar surface area (TPSA) is 73.6 Å². The van der Waals surface area contributed by atoms with E-state index in [0.29, 0.717) is 0 Å². The van der Waals surface area contributed by atoms with E-state index in [2.05, 4.69) is 39.1 Å². The third kappa shape index (κ3) is 3.75. The summed E-state index contributed by atoms with van der Waals surface area (Å²) in [5.41, 5.74) is 13.0. The van der Waals surface area contributed by atoms with E-state index in [0.717, 1.165) is 60.5 Å². The summed E-state index contributed by atoms with van der Waals surface area (Å²) >= 11 is 0. The van der Waals surface area contributed by atoms with Gasteiger partial charge in [-0.05, 0) is 91.3 Å². The monoisotopic (exact) mass is 450 g/mol. The van der Waals surface area contributed by atoms with Crippen molar-refractivity contribution in [3.05, 3.63) is 47.0 Å². The second-order valence-corrected chi connectivity index (χ2v) is 10.6. The Bertz CT molecular complexity index is 1050. The lowest BCUT2D eigenvalue weighted by Gasteiger charge is -2.54. The van der Waals surface area contributed by atoms with Gasteiger partial charge < -0.3 is 20.5 Å². The Balaban J connectivity index is 1.83. The first-order valence-electron chi connectivity index (χ1n) is 12.1. The number of fused-ring (bicyclic) bond motifs is 3. The quantitative estimate of drug-likeness (QED) is 0.411. The van der Waals surface area contributed by atoms with Crippen LogP contribution >= 0.6 is 0 Å². The lowest BCUT2D eigenvalue weighted by Crippen LogP contribution is -2.52. The Morgan fingerprint density at radius 2 is 1.85 bits per heavy atom. The first-order chi connectivity index (χ1) is 15.7. The van der Waals surface area contributed by atoms with Crippen LogP contribution in [0.15, 0.2) is 30.3 Å². The Kier molecular flexibility index (Phi) is 6.10. The van der Waals surface area contributed by atoms with Crippen LogP contribution in [0.4, 0.5) is 17.1 Å². The van der Waals surface area contributed by atoms with E-state index in [1.807, 2.05) is 24.3 Å². The van der Waals surface area contributed by atoms with Crippen LogP contribution in [-0.2, 0) is 21.4 Å². The molecule has 0 saturated heterocycles. The van der Waals surface area contributed by atoms with E-state index in [4.69, 9.17) is 15.2 Å². The molecular formula is C28H38N2O3. The molecule has 5 heteroatoms. The van der Waals surface area contributed by atoms with Gasteiger partial charge in [0.25, 0.3) is 0 Å². The Morgan fingerprint density at radius 1 is 1.15 bits per heavy atom. The number of ether oxygens (including phenoxy) is 2. The fourth-order valence-corrected chi connectivity index (χ4v) is 6.70. The third-order valence-corrected chi connectivity index (χ3v) is 8.35. The normalized spacial score (nSPS) is 26.3. The van der Waals surface area contributed by atoms with Crippen molar-refractivity contribution < 1.29 is 14.3 Å². The number of hydrogen-bond donors (Lipinski definition) is 2. The van der Waals surface area contributed by atoms with Gasteiger partial charge in [0.1, 0.15) is 5.75 Å². The molecule has 1 fully saturated rings. The third-order valence-electron chi connectivity index (χ3n) is 8.35. The number of benzene rings is 2.